The summed E-state index contributed by atoms with van der Waals surface area (Å²) >= 11 is 0. The molecule has 1 saturated carbocycles. The Bertz CT molecular complexity index is 740. The quantitative estimate of drug-likeness (QED) is 0.816. The maximum absolute atomic E-state index is 12.8. The van der Waals surface area contributed by atoms with Crippen LogP contribution in [0, 0.1) is 6.92 Å². The van der Waals surface area contributed by atoms with E-state index in [1.165, 1.54) is 5.56 Å². The Labute approximate surface area is 161 Å². The predicted molar refractivity (Wildman–Crippen MR) is 106 cm³/mol. The molecule has 144 valence electrons. The van der Waals surface area contributed by atoms with E-state index in [-0.39, 0.29) is 12.1 Å². The molecule has 5 heteroatoms. The maximum Gasteiger partial charge on any atom is 0.317 e. The van der Waals surface area contributed by atoms with Crippen molar-refractivity contribution in [3.8, 4) is 0 Å². The molecule has 1 atom stereocenters. The number of carbonyl (C=O) groups excluding carboxylic acids is 1. The van der Waals surface area contributed by atoms with Gasteiger partial charge in [-0.15, -0.1) is 0 Å². The van der Waals surface area contributed by atoms with E-state index in [1.54, 1.807) is 24.3 Å². The number of benzene rings is 1. The summed E-state index contributed by atoms with van der Waals surface area (Å²) in [6, 6.07) is 11.7. The third kappa shape index (κ3) is 5.07. The first-order valence-corrected chi connectivity index (χ1v) is 9.67. The Balaban J connectivity index is 1.69. The lowest BCUT2D eigenvalue weighted by atomic mass is 9.98. The molecule has 1 fully saturated rings. The molecule has 2 amide bonds. The van der Waals surface area contributed by atoms with Crippen LogP contribution in [0.25, 0.3) is 0 Å². The lowest BCUT2D eigenvalue weighted by Gasteiger charge is -2.28. The van der Waals surface area contributed by atoms with Gasteiger partial charge in [-0.05, 0) is 49.4 Å². The molecule has 0 spiro atoms. The molecule has 5 nitrogen and oxygen atoms in total. The van der Waals surface area contributed by atoms with Gasteiger partial charge in [0.05, 0.1) is 11.6 Å². The van der Waals surface area contributed by atoms with Gasteiger partial charge in [0.2, 0.25) is 0 Å². The molecule has 1 aromatic carbocycles. The third-order valence-electron chi connectivity index (χ3n) is 5.51. The second-order valence-corrected chi connectivity index (χ2v) is 7.68. The van der Waals surface area contributed by atoms with Gasteiger partial charge in [-0.3, -0.25) is 4.98 Å². The van der Waals surface area contributed by atoms with Gasteiger partial charge in [0.15, 0.2) is 0 Å². The minimum absolute atomic E-state index is 0.140. The predicted octanol–water partition coefficient (Wildman–Crippen LogP) is 3.82. The lowest BCUT2D eigenvalue weighted by molar-refractivity contribution is 0.0330. The average Bonchev–Trinajstić information content (AvgIpc) is 3.12. The number of hydrogen-bond acceptors (Lipinski definition) is 3. The second-order valence-electron chi connectivity index (χ2n) is 7.68. The summed E-state index contributed by atoms with van der Waals surface area (Å²) in [5, 5.41) is 13.7. The number of urea groups is 1. The van der Waals surface area contributed by atoms with Crippen molar-refractivity contribution in [1.82, 2.24) is 15.2 Å². The first-order valence-electron chi connectivity index (χ1n) is 9.67. The molecular formula is C22H29N3O2. The van der Waals surface area contributed by atoms with Crippen molar-refractivity contribution in [2.75, 3.05) is 13.6 Å². The van der Waals surface area contributed by atoms with Crippen LogP contribution in [-0.2, 0) is 0 Å². The Morgan fingerprint density at radius 3 is 2.37 bits per heavy atom. The fraction of sp³-hybridized carbons (Fsp3) is 0.455. The number of pyridine rings is 1. The number of aromatic nitrogens is 1. The minimum Gasteiger partial charge on any atom is -0.390 e. The van der Waals surface area contributed by atoms with Gasteiger partial charge in [0.25, 0.3) is 0 Å². The zero-order chi connectivity index (χ0) is 19.3. The Morgan fingerprint density at radius 1 is 1.15 bits per heavy atom. The van der Waals surface area contributed by atoms with Crippen LogP contribution >= 0.6 is 0 Å². The molecule has 0 aliphatic heterocycles. The SMILES string of the molecule is Cc1ccc([C@@H](NC(=O)N(C)CCC2(O)CCCC2)c2ccncc2)cc1. The van der Waals surface area contributed by atoms with Gasteiger partial charge >= 0.3 is 6.03 Å². The van der Waals surface area contributed by atoms with Gasteiger partial charge in [-0.25, -0.2) is 4.79 Å². The second kappa shape index (κ2) is 8.53. The highest BCUT2D eigenvalue weighted by Crippen LogP contribution is 2.32. The number of nitrogens with one attached hydrogen (secondary N) is 1. The van der Waals surface area contributed by atoms with Crippen molar-refractivity contribution in [1.29, 1.82) is 0 Å². The summed E-state index contributed by atoms with van der Waals surface area (Å²) in [5.41, 5.74) is 2.60. The molecule has 1 aliphatic carbocycles. The largest absolute Gasteiger partial charge is 0.390 e. The van der Waals surface area contributed by atoms with E-state index in [1.807, 2.05) is 31.2 Å². The van der Waals surface area contributed by atoms with Crippen LogP contribution in [0.2, 0.25) is 0 Å². The molecular weight excluding hydrogens is 338 g/mol. The van der Waals surface area contributed by atoms with E-state index in [9.17, 15) is 9.90 Å². The Morgan fingerprint density at radius 2 is 1.74 bits per heavy atom. The number of carbonyl (C=O) groups is 1. The molecule has 0 saturated heterocycles. The van der Waals surface area contributed by atoms with Crippen LogP contribution in [-0.4, -0.2) is 40.2 Å². The summed E-state index contributed by atoms with van der Waals surface area (Å²) < 4.78 is 0. The van der Waals surface area contributed by atoms with Crippen molar-refractivity contribution in [2.45, 2.75) is 50.7 Å². The van der Waals surface area contributed by atoms with Crippen LogP contribution in [0.4, 0.5) is 4.79 Å². The number of hydrogen-bond donors (Lipinski definition) is 2. The smallest absolute Gasteiger partial charge is 0.317 e. The van der Waals surface area contributed by atoms with E-state index in [2.05, 4.69) is 22.4 Å². The highest BCUT2D eigenvalue weighted by Gasteiger charge is 2.31. The molecule has 1 aliphatic rings. The lowest BCUT2D eigenvalue weighted by Crippen LogP contribution is -2.42. The van der Waals surface area contributed by atoms with Crippen LogP contribution in [0.5, 0.6) is 0 Å². The van der Waals surface area contributed by atoms with Gasteiger partial charge in [0.1, 0.15) is 0 Å². The van der Waals surface area contributed by atoms with Crippen molar-refractivity contribution in [2.24, 2.45) is 0 Å². The Hall–Kier alpha value is -2.40. The zero-order valence-electron chi connectivity index (χ0n) is 16.2. The van der Waals surface area contributed by atoms with Crippen LogP contribution in [0.3, 0.4) is 0 Å². The van der Waals surface area contributed by atoms with Crippen LogP contribution < -0.4 is 5.32 Å². The summed E-state index contributed by atoms with van der Waals surface area (Å²) in [6.07, 6.45) is 7.93. The van der Waals surface area contributed by atoms with E-state index < -0.39 is 5.60 Å². The first-order chi connectivity index (χ1) is 13.0. The molecule has 2 N–H and O–H groups in total. The van der Waals surface area contributed by atoms with Crippen molar-refractivity contribution in [3.63, 3.8) is 0 Å². The monoisotopic (exact) mass is 367 g/mol. The summed E-state index contributed by atoms with van der Waals surface area (Å²) in [6.45, 7) is 2.59. The van der Waals surface area contributed by atoms with Gasteiger partial charge < -0.3 is 15.3 Å². The highest BCUT2D eigenvalue weighted by atomic mass is 16.3. The summed E-state index contributed by atoms with van der Waals surface area (Å²) in [7, 11) is 1.78. The first kappa shape index (κ1) is 19.4. The maximum atomic E-state index is 12.8. The van der Waals surface area contributed by atoms with E-state index in [0.717, 1.165) is 36.8 Å². The third-order valence-corrected chi connectivity index (χ3v) is 5.51. The average molecular weight is 367 g/mol. The number of amides is 2. The molecule has 1 aromatic heterocycles. The minimum atomic E-state index is -0.601. The fourth-order valence-electron chi connectivity index (χ4n) is 3.67. The van der Waals surface area contributed by atoms with Crippen LogP contribution in [0.1, 0.15) is 54.8 Å². The van der Waals surface area contributed by atoms with Gasteiger partial charge in [-0.1, -0.05) is 42.7 Å². The summed E-state index contributed by atoms with van der Waals surface area (Å²) in [5.74, 6) is 0. The molecule has 0 bridgehead atoms. The van der Waals surface area contributed by atoms with E-state index in [4.69, 9.17) is 0 Å². The van der Waals surface area contributed by atoms with Crippen LogP contribution in [0.15, 0.2) is 48.8 Å². The van der Waals surface area contributed by atoms with Crippen molar-refractivity contribution in [3.05, 3.63) is 65.5 Å². The number of rotatable bonds is 6. The standard InChI is InChI=1S/C22H29N3O2/c1-17-5-7-18(8-6-17)20(19-9-14-23-15-10-19)24-21(26)25(2)16-13-22(27)11-3-4-12-22/h5-10,14-15,20,27H,3-4,11-13,16H2,1-2H3,(H,24,26)/t20-/m1/s1. The molecule has 2 aromatic rings. The zero-order valence-corrected chi connectivity index (χ0v) is 16.2. The molecule has 1 heterocycles. The topological polar surface area (TPSA) is 65.5 Å². The summed E-state index contributed by atoms with van der Waals surface area (Å²) in [4.78, 5) is 18.5. The van der Waals surface area contributed by atoms with Crippen molar-refractivity contribution >= 4 is 6.03 Å². The molecule has 27 heavy (non-hydrogen) atoms. The van der Waals surface area contributed by atoms with Gasteiger partial charge in [-0.2, -0.15) is 0 Å². The molecule has 3 rings (SSSR count). The van der Waals surface area contributed by atoms with E-state index >= 15 is 0 Å². The highest BCUT2D eigenvalue weighted by molar-refractivity contribution is 5.75. The Kier molecular flexibility index (Phi) is 6.11. The fourth-order valence-corrected chi connectivity index (χ4v) is 3.67. The van der Waals surface area contributed by atoms with E-state index in [0.29, 0.717) is 13.0 Å². The normalized spacial score (nSPS) is 16.7. The number of aliphatic hydroxyl groups is 1. The van der Waals surface area contributed by atoms with Gasteiger partial charge in [0, 0.05) is 26.0 Å². The van der Waals surface area contributed by atoms with Crippen molar-refractivity contribution < 1.29 is 9.90 Å². The molecule has 0 radical (unpaired) electrons. The number of aryl methyl sites for hydroxylation is 1. The molecule has 0 unspecified atom stereocenters. The number of nitrogens with zero attached hydrogens (tertiary/aromatic N) is 2.